The predicted molar refractivity (Wildman–Crippen MR) is 58.2 cm³/mol. The molecule has 2 heterocycles. The van der Waals surface area contributed by atoms with Crippen molar-refractivity contribution in [2.75, 3.05) is 6.61 Å². The van der Waals surface area contributed by atoms with E-state index < -0.39 is 54.2 Å². The van der Waals surface area contributed by atoms with E-state index in [9.17, 15) is 32.3 Å². The van der Waals surface area contributed by atoms with Crippen molar-refractivity contribution in [3.05, 3.63) is 32.6 Å². The molecule has 7 nitrogen and oxygen atoms in total. The summed E-state index contributed by atoms with van der Waals surface area (Å²) in [7, 11) is 0. The van der Waals surface area contributed by atoms with E-state index in [0.717, 1.165) is 0 Å². The van der Waals surface area contributed by atoms with Gasteiger partial charge in [0.25, 0.3) is 5.56 Å². The number of rotatable bonds is 2. The Hall–Kier alpha value is -1.72. The first kappa shape index (κ1) is 15.7. The highest BCUT2D eigenvalue weighted by atomic mass is 19.4. The average Bonchev–Trinajstić information content (AvgIpc) is 2.65. The molecule has 0 bridgehead atoms. The van der Waals surface area contributed by atoms with E-state index in [0.29, 0.717) is 0 Å². The predicted octanol–water partition coefficient (Wildman–Crippen LogP) is -0.856. The van der Waals surface area contributed by atoms with Gasteiger partial charge in [0.2, 0.25) is 0 Å². The second-order valence-corrected chi connectivity index (χ2v) is 4.39. The molecule has 2 rings (SSSR count). The van der Waals surface area contributed by atoms with E-state index in [-0.39, 0.29) is 10.8 Å². The molecular formula is C10H10F4N2O5. The summed E-state index contributed by atoms with van der Waals surface area (Å²) in [5.74, 6) is 0. The highest BCUT2D eigenvalue weighted by Gasteiger charge is 2.46. The van der Waals surface area contributed by atoms with Gasteiger partial charge in [-0.1, -0.05) is 0 Å². The van der Waals surface area contributed by atoms with Crippen LogP contribution in [0.15, 0.2) is 15.8 Å². The summed E-state index contributed by atoms with van der Waals surface area (Å²) in [6, 6.07) is 0. The number of nitrogens with zero attached hydrogens (tertiary/aromatic N) is 1. The Kier molecular flexibility index (Phi) is 3.91. The molecular weight excluding hydrogens is 304 g/mol. The lowest BCUT2D eigenvalue weighted by atomic mass is 10.1. The zero-order valence-corrected chi connectivity index (χ0v) is 10.2. The lowest BCUT2D eigenvalue weighted by molar-refractivity contribution is -0.139. The van der Waals surface area contributed by atoms with Crippen LogP contribution in [-0.2, 0) is 10.9 Å². The van der Waals surface area contributed by atoms with Crippen LogP contribution in [0.5, 0.6) is 0 Å². The number of hydrogen-bond donors (Lipinski definition) is 3. The lowest BCUT2D eigenvalue weighted by Crippen LogP contribution is -2.39. The van der Waals surface area contributed by atoms with Crippen LogP contribution in [0.25, 0.3) is 0 Å². The van der Waals surface area contributed by atoms with Crippen LogP contribution in [0.4, 0.5) is 17.6 Å². The van der Waals surface area contributed by atoms with E-state index in [4.69, 9.17) is 9.84 Å². The first-order chi connectivity index (χ1) is 9.66. The minimum atomic E-state index is -5.05. The molecule has 3 N–H and O–H groups in total. The summed E-state index contributed by atoms with van der Waals surface area (Å²) in [6.45, 7) is -0.789. The third kappa shape index (κ3) is 2.71. The fourth-order valence-electron chi connectivity index (χ4n) is 1.95. The third-order valence-electron chi connectivity index (χ3n) is 3.02. The highest BCUT2D eigenvalue weighted by Crippen LogP contribution is 2.32. The van der Waals surface area contributed by atoms with Gasteiger partial charge < -0.3 is 14.9 Å². The quantitative estimate of drug-likeness (QED) is 0.617. The first-order valence-electron chi connectivity index (χ1n) is 5.68. The molecule has 11 heteroatoms. The molecule has 0 spiro atoms. The maximum Gasteiger partial charge on any atom is 0.423 e. The smallest absolute Gasteiger partial charge is 0.394 e. The van der Waals surface area contributed by atoms with Gasteiger partial charge in [-0.3, -0.25) is 14.3 Å². The van der Waals surface area contributed by atoms with E-state index >= 15 is 0 Å². The fourth-order valence-corrected chi connectivity index (χ4v) is 1.95. The van der Waals surface area contributed by atoms with Crippen LogP contribution in [-0.4, -0.2) is 44.8 Å². The minimum absolute atomic E-state index is 0.116. The summed E-state index contributed by atoms with van der Waals surface area (Å²) in [6.07, 6.45) is -12.3. The van der Waals surface area contributed by atoms with Crippen molar-refractivity contribution in [2.45, 2.75) is 30.8 Å². The summed E-state index contributed by atoms with van der Waals surface area (Å²) < 4.78 is 56.6. The number of alkyl halides is 4. The van der Waals surface area contributed by atoms with Gasteiger partial charge in [0, 0.05) is 6.20 Å². The molecule has 4 atom stereocenters. The standard InChI is InChI=1S/C10H10F4N2O5/c11-5-6(18)4(2-17)21-8(5)16-1-3(10(12,13)14)7(19)15-9(16)20/h1,4-6,8,17-18H,2H2,(H,15,19,20)/t4-,5+,6-,8-/m1/s1. The van der Waals surface area contributed by atoms with Crippen molar-refractivity contribution in [1.29, 1.82) is 0 Å². The molecule has 118 valence electrons. The van der Waals surface area contributed by atoms with E-state index in [1.165, 1.54) is 4.98 Å². The van der Waals surface area contributed by atoms with Gasteiger partial charge in [0.1, 0.15) is 17.8 Å². The largest absolute Gasteiger partial charge is 0.423 e. The van der Waals surface area contributed by atoms with E-state index in [1.807, 2.05) is 0 Å². The van der Waals surface area contributed by atoms with Gasteiger partial charge >= 0.3 is 11.9 Å². The Balaban J connectivity index is 2.50. The van der Waals surface area contributed by atoms with Crippen molar-refractivity contribution >= 4 is 0 Å². The molecule has 1 aromatic heterocycles. The average molecular weight is 314 g/mol. The summed E-state index contributed by atoms with van der Waals surface area (Å²) in [4.78, 5) is 24.0. The number of aliphatic hydroxyl groups is 2. The summed E-state index contributed by atoms with van der Waals surface area (Å²) >= 11 is 0. The van der Waals surface area contributed by atoms with Gasteiger partial charge in [0.15, 0.2) is 12.4 Å². The number of aromatic nitrogens is 2. The van der Waals surface area contributed by atoms with E-state index in [1.54, 1.807) is 0 Å². The molecule has 1 aliphatic heterocycles. The Labute approximate surface area is 113 Å². The molecule has 0 aromatic carbocycles. The third-order valence-corrected chi connectivity index (χ3v) is 3.02. The molecule has 0 amide bonds. The molecule has 21 heavy (non-hydrogen) atoms. The zero-order valence-electron chi connectivity index (χ0n) is 10.2. The number of aliphatic hydroxyl groups excluding tert-OH is 2. The van der Waals surface area contributed by atoms with Crippen LogP contribution in [0.3, 0.4) is 0 Å². The second kappa shape index (κ2) is 5.24. The van der Waals surface area contributed by atoms with Crippen molar-refractivity contribution in [1.82, 2.24) is 9.55 Å². The number of hydrogen-bond acceptors (Lipinski definition) is 5. The van der Waals surface area contributed by atoms with Gasteiger partial charge in [-0.2, -0.15) is 13.2 Å². The summed E-state index contributed by atoms with van der Waals surface area (Å²) in [5, 5.41) is 18.2. The van der Waals surface area contributed by atoms with Crippen LogP contribution < -0.4 is 11.2 Å². The van der Waals surface area contributed by atoms with Crippen molar-refractivity contribution < 1.29 is 32.5 Å². The van der Waals surface area contributed by atoms with Crippen LogP contribution >= 0.6 is 0 Å². The fraction of sp³-hybridized carbons (Fsp3) is 0.600. The monoisotopic (exact) mass is 314 g/mol. The minimum Gasteiger partial charge on any atom is -0.394 e. The zero-order chi connectivity index (χ0) is 15.9. The number of ether oxygens (including phenoxy) is 1. The number of nitrogens with one attached hydrogen (secondary N) is 1. The van der Waals surface area contributed by atoms with Gasteiger partial charge in [-0.25, -0.2) is 9.18 Å². The Bertz CT molecular complexity index is 640. The molecule has 0 saturated carbocycles. The maximum absolute atomic E-state index is 13.8. The molecule has 1 saturated heterocycles. The SMILES string of the molecule is O=c1[nH]c(=O)n([C@@H]2O[C@H](CO)[C@@H](O)[C@@H]2F)cc1C(F)(F)F. The molecule has 0 radical (unpaired) electrons. The topological polar surface area (TPSA) is 105 Å². The number of aromatic amines is 1. The molecule has 0 aliphatic carbocycles. The van der Waals surface area contributed by atoms with Crippen LogP contribution in [0, 0.1) is 0 Å². The number of H-pyrrole nitrogens is 1. The maximum atomic E-state index is 13.8. The van der Waals surface area contributed by atoms with E-state index in [2.05, 4.69) is 0 Å². The van der Waals surface area contributed by atoms with Crippen molar-refractivity contribution in [3.8, 4) is 0 Å². The van der Waals surface area contributed by atoms with Gasteiger partial charge in [0.05, 0.1) is 6.61 Å². The molecule has 1 fully saturated rings. The normalized spacial score (nSPS) is 29.8. The summed E-state index contributed by atoms with van der Waals surface area (Å²) in [5.41, 5.74) is -4.71. The second-order valence-electron chi connectivity index (χ2n) is 4.39. The van der Waals surface area contributed by atoms with Crippen molar-refractivity contribution in [3.63, 3.8) is 0 Å². The lowest BCUT2D eigenvalue weighted by Gasteiger charge is -2.17. The number of halogens is 4. The first-order valence-corrected chi connectivity index (χ1v) is 5.68. The van der Waals surface area contributed by atoms with Gasteiger partial charge in [-0.15, -0.1) is 0 Å². The van der Waals surface area contributed by atoms with Crippen LogP contribution in [0.1, 0.15) is 11.8 Å². The van der Waals surface area contributed by atoms with Crippen molar-refractivity contribution in [2.24, 2.45) is 0 Å². The Morgan fingerprint density at radius 1 is 1.38 bits per heavy atom. The van der Waals surface area contributed by atoms with Gasteiger partial charge in [-0.05, 0) is 0 Å². The Morgan fingerprint density at radius 2 is 2.00 bits per heavy atom. The molecule has 0 unspecified atom stereocenters. The molecule has 1 aromatic rings. The van der Waals surface area contributed by atoms with Crippen LogP contribution in [0.2, 0.25) is 0 Å². The highest BCUT2D eigenvalue weighted by molar-refractivity contribution is 5.10. The molecule has 1 aliphatic rings. The Morgan fingerprint density at radius 3 is 2.48 bits per heavy atom.